The van der Waals surface area contributed by atoms with Gasteiger partial charge in [0.15, 0.2) is 0 Å². The number of nitrogens with zero attached hydrogens (tertiary/aromatic N) is 2. The summed E-state index contributed by atoms with van der Waals surface area (Å²) in [5.41, 5.74) is 2.58. The molecule has 1 heterocycles. The summed E-state index contributed by atoms with van der Waals surface area (Å²) in [6, 6.07) is 11.3. The van der Waals surface area contributed by atoms with Gasteiger partial charge in [0.1, 0.15) is 11.6 Å². The van der Waals surface area contributed by atoms with E-state index in [-0.39, 0.29) is 5.91 Å². The zero-order chi connectivity index (χ0) is 21.4. The minimum absolute atomic E-state index is 0.181. The number of nitrogens with one attached hydrogen (secondary N) is 1. The Morgan fingerprint density at radius 1 is 1.07 bits per heavy atom. The second-order valence-corrected chi connectivity index (χ2v) is 8.09. The predicted molar refractivity (Wildman–Crippen MR) is 113 cm³/mol. The monoisotopic (exact) mass is 397 g/mol. The van der Waals surface area contributed by atoms with Crippen LogP contribution < -0.4 is 5.32 Å². The van der Waals surface area contributed by atoms with E-state index in [1.165, 1.54) is 5.56 Å². The number of alkyl carbamates (subject to hydrolysis) is 1. The van der Waals surface area contributed by atoms with Gasteiger partial charge >= 0.3 is 6.09 Å². The van der Waals surface area contributed by atoms with Crippen molar-refractivity contribution in [3.05, 3.63) is 65.5 Å². The summed E-state index contributed by atoms with van der Waals surface area (Å²) < 4.78 is 5.27. The second-order valence-electron chi connectivity index (χ2n) is 8.09. The Balaban J connectivity index is 2.14. The van der Waals surface area contributed by atoms with Crippen LogP contribution in [0.5, 0.6) is 0 Å². The molecule has 2 rings (SSSR count). The Labute approximate surface area is 173 Å². The number of pyridine rings is 1. The van der Waals surface area contributed by atoms with Crippen molar-refractivity contribution in [2.75, 3.05) is 0 Å². The lowest BCUT2D eigenvalue weighted by Gasteiger charge is -2.27. The lowest BCUT2D eigenvalue weighted by Crippen LogP contribution is -2.47. The Hall–Kier alpha value is -2.89. The topological polar surface area (TPSA) is 71.5 Å². The molecule has 0 aliphatic carbocycles. The minimum atomic E-state index is -0.712. The van der Waals surface area contributed by atoms with Crippen LogP contribution in [0.15, 0.2) is 48.8 Å². The quantitative estimate of drug-likeness (QED) is 0.764. The first-order chi connectivity index (χ1) is 13.7. The van der Waals surface area contributed by atoms with Crippen LogP contribution in [0.3, 0.4) is 0 Å². The number of carbonyl (C=O) groups is 2. The second kappa shape index (κ2) is 10.0. The van der Waals surface area contributed by atoms with Gasteiger partial charge < -0.3 is 15.0 Å². The van der Waals surface area contributed by atoms with Crippen LogP contribution in [0.4, 0.5) is 4.79 Å². The average Bonchev–Trinajstić information content (AvgIpc) is 2.66. The van der Waals surface area contributed by atoms with Crippen molar-refractivity contribution in [2.45, 2.75) is 65.8 Å². The van der Waals surface area contributed by atoms with Crippen LogP contribution in [0.1, 0.15) is 51.3 Å². The lowest BCUT2D eigenvalue weighted by molar-refractivity contribution is -0.134. The highest BCUT2D eigenvalue weighted by Crippen LogP contribution is 2.13. The van der Waals surface area contributed by atoms with Crippen molar-refractivity contribution < 1.29 is 14.3 Å². The number of aromatic nitrogens is 1. The van der Waals surface area contributed by atoms with Crippen LogP contribution >= 0.6 is 0 Å². The first-order valence-electron chi connectivity index (χ1n) is 9.93. The van der Waals surface area contributed by atoms with E-state index in [0.717, 1.165) is 17.5 Å². The molecule has 0 aliphatic heterocycles. The molecule has 0 saturated carbocycles. The molecule has 1 N–H and O–H groups in total. The van der Waals surface area contributed by atoms with Gasteiger partial charge in [0.25, 0.3) is 0 Å². The summed E-state index contributed by atoms with van der Waals surface area (Å²) in [5.74, 6) is -0.181. The molecule has 1 atom stereocenters. The summed E-state index contributed by atoms with van der Waals surface area (Å²) in [6.07, 6.45) is 3.81. The van der Waals surface area contributed by atoms with Crippen molar-refractivity contribution in [1.82, 2.24) is 15.2 Å². The van der Waals surface area contributed by atoms with E-state index < -0.39 is 17.7 Å². The molecular formula is C23H31N3O3. The van der Waals surface area contributed by atoms with Crippen LogP contribution in [-0.2, 0) is 29.0 Å². The van der Waals surface area contributed by atoms with Crippen molar-refractivity contribution in [3.8, 4) is 0 Å². The maximum atomic E-state index is 13.1. The van der Waals surface area contributed by atoms with Crippen LogP contribution in [0, 0.1) is 0 Å². The molecule has 0 bridgehead atoms. The van der Waals surface area contributed by atoms with Gasteiger partial charge in [0.2, 0.25) is 5.91 Å². The van der Waals surface area contributed by atoms with Crippen molar-refractivity contribution in [3.63, 3.8) is 0 Å². The molecule has 6 nitrogen and oxygen atoms in total. The molecule has 0 saturated heterocycles. The molecule has 1 aromatic carbocycles. The zero-order valence-electron chi connectivity index (χ0n) is 17.9. The summed E-state index contributed by atoms with van der Waals surface area (Å²) in [4.78, 5) is 31.0. The first kappa shape index (κ1) is 22.4. The molecule has 1 aromatic heterocycles. The SMILES string of the molecule is CCc1ccc(CN(Cc2cccnc2)C(=O)[C@@H](C)NC(=O)OC(C)(C)C)cc1. The fraction of sp³-hybridized carbons (Fsp3) is 0.435. The number of carbonyl (C=O) groups excluding carboxylic acids is 2. The molecule has 6 heteroatoms. The zero-order valence-corrected chi connectivity index (χ0v) is 17.9. The van der Waals surface area contributed by atoms with Gasteiger partial charge in [0, 0.05) is 25.5 Å². The summed E-state index contributed by atoms with van der Waals surface area (Å²) >= 11 is 0. The third-order valence-corrected chi connectivity index (χ3v) is 4.32. The Kier molecular flexibility index (Phi) is 7.76. The highest BCUT2D eigenvalue weighted by atomic mass is 16.6. The van der Waals surface area contributed by atoms with E-state index in [1.54, 1.807) is 45.0 Å². The first-order valence-corrected chi connectivity index (χ1v) is 9.93. The summed E-state index contributed by atoms with van der Waals surface area (Å²) in [7, 11) is 0. The van der Waals surface area contributed by atoms with E-state index in [0.29, 0.717) is 13.1 Å². The number of ether oxygens (including phenoxy) is 1. The Morgan fingerprint density at radius 2 is 1.69 bits per heavy atom. The summed E-state index contributed by atoms with van der Waals surface area (Å²) in [5, 5.41) is 2.64. The highest BCUT2D eigenvalue weighted by molar-refractivity contribution is 5.85. The van der Waals surface area contributed by atoms with Gasteiger partial charge in [-0.05, 0) is 56.9 Å². The van der Waals surface area contributed by atoms with Gasteiger partial charge in [-0.1, -0.05) is 37.3 Å². The fourth-order valence-corrected chi connectivity index (χ4v) is 2.84. The van der Waals surface area contributed by atoms with E-state index in [9.17, 15) is 9.59 Å². The molecule has 0 aliphatic rings. The van der Waals surface area contributed by atoms with E-state index >= 15 is 0 Å². The predicted octanol–water partition coefficient (Wildman–Crippen LogP) is 4.09. The standard InChI is InChI=1S/C23H31N3O3/c1-6-18-9-11-19(12-10-18)15-26(16-20-8-7-13-24-14-20)21(27)17(2)25-22(28)29-23(3,4)5/h7-14,17H,6,15-16H2,1-5H3,(H,25,28)/t17-/m1/s1. The summed E-state index contributed by atoms with van der Waals surface area (Å²) in [6.45, 7) is 9.98. The molecule has 0 unspecified atom stereocenters. The number of rotatable bonds is 7. The molecular weight excluding hydrogens is 366 g/mol. The van der Waals surface area contributed by atoms with Gasteiger partial charge in [0.05, 0.1) is 0 Å². The van der Waals surface area contributed by atoms with Crippen molar-refractivity contribution in [1.29, 1.82) is 0 Å². The van der Waals surface area contributed by atoms with E-state index in [2.05, 4.69) is 29.4 Å². The van der Waals surface area contributed by atoms with Crippen LogP contribution in [0.25, 0.3) is 0 Å². The number of hydrogen-bond acceptors (Lipinski definition) is 4. The molecule has 2 amide bonds. The largest absolute Gasteiger partial charge is 0.444 e. The van der Waals surface area contributed by atoms with Gasteiger partial charge in [-0.15, -0.1) is 0 Å². The van der Waals surface area contributed by atoms with Gasteiger partial charge in [-0.3, -0.25) is 9.78 Å². The van der Waals surface area contributed by atoms with E-state index in [1.807, 2.05) is 24.3 Å². The number of aryl methyl sites for hydroxylation is 1. The van der Waals surface area contributed by atoms with Gasteiger partial charge in [-0.2, -0.15) is 0 Å². The Morgan fingerprint density at radius 3 is 2.24 bits per heavy atom. The molecule has 2 aromatic rings. The fourth-order valence-electron chi connectivity index (χ4n) is 2.84. The average molecular weight is 398 g/mol. The molecule has 29 heavy (non-hydrogen) atoms. The molecule has 0 radical (unpaired) electrons. The maximum Gasteiger partial charge on any atom is 0.408 e. The smallest absolute Gasteiger partial charge is 0.408 e. The van der Waals surface area contributed by atoms with Crippen LogP contribution in [-0.4, -0.2) is 33.5 Å². The Bertz CT molecular complexity index is 798. The van der Waals surface area contributed by atoms with E-state index in [4.69, 9.17) is 4.74 Å². The normalized spacial score (nSPS) is 12.2. The molecule has 0 fully saturated rings. The molecule has 0 spiro atoms. The third-order valence-electron chi connectivity index (χ3n) is 4.32. The highest BCUT2D eigenvalue weighted by Gasteiger charge is 2.25. The third kappa shape index (κ3) is 7.56. The van der Waals surface area contributed by atoms with Crippen LogP contribution in [0.2, 0.25) is 0 Å². The lowest BCUT2D eigenvalue weighted by atomic mass is 10.1. The van der Waals surface area contributed by atoms with Crippen molar-refractivity contribution >= 4 is 12.0 Å². The minimum Gasteiger partial charge on any atom is -0.444 e. The molecule has 156 valence electrons. The number of amides is 2. The number of hydrogen-bond donors (Lipinski definition) is 1. The van der Waals surface area contributed by atoms with Gasteiger partial charge in [-0.25, -0.2) is 4.79 Å². The maximum absolute atomic E-state index is 13.1. The van der Waals surface area contributed by atoms with Crippen molar-refractivity contribution in [2.24, 2.45) is 0 Å². The number of benzene rings is 1.